The molecule has 0 spiro atoms. The highest BCUT2D eigenvalue weighted by Gasteiger charge is 2.08. The molecule has 5 nitrogen and oxygen atoms in total. The van der Waals surface area contributed by atoms with Gasteiger partial charge in [-0.15, -0.1) is 0 Å². The number of hydrogen-bond donors (Lipinski definition) is 2. The van der Waals surface area contributed by atoms with Crippen LogP contribution in [0.4, 0.5) is 14.5 Å². The van der Waals surface area contributed by atoms with Crippen molar-refractivity contribution in [2.24, 2.45) is 0 Å². The fraction of sp³-hybridized carbons (Fsp3) is 0.214. The minimum absolute atomic E-state index is 0.0446. The predicted molar refractivity (Wildman–Crippen MR) is 80.3 cm³/mol. The zero-order valence-electron chi connectivity index (χ0n) is 11.6. The summed E-state index contributed by atoms with van der Waals surface area (Å²) in [7, 11) is 0. The molecule has 0 saturated heterocycles. The van der Waals surface area contributed by atoms with E-state index in [1.807, 2.05) is 0 Å². The van der Waals surface area contributed by atoms with Crippen LogP contribution < -0.4 is 10.9 Å². The molecule has 0 unspecified atom stereocenters. The van der Waals surface area contributed by atoms with Crippen LogP contribution in [0, 0.1) is 6.92 Å². The number of thioether (sulfide) groups is 1. The Morgan fingerprint density at radius 3 is 2.64 bits per heavy atom. The average molecular weight is 325 g/mol. The van der Waals surface area contributed by atoms with Crippen molar-refractivity contribution in [3.05, 3.63) is 51.9 Å². The zero-order chi connectivity index (χ0) is 16.1. The number of hydrogen-bond acceptors (Lipinski definition) is 4. The SMILES string of the molecule is Cc1cc(=O)[nH]c(SCC(=O)Nc2ccc(C(F)F)cc2)n1. The lowest BCUT2D eigenvalue weighted by Gasteiger charge is -2.06. The molecule has 2 N–H and O–H groups in total. The van der Waals surface area contributed by atoms with E-state index in [-0.39, 0.29) is 22.8 Å². The number of carbonyl (C=O) groups is 1. The Labute approximate surface area is 129 Å². The van der Waals surface area contributed by atoms with Gasteiger partial charge in [0, 0.05) is 23.0 Å². The number of nitrogens with one attached hydrogen (secondary N) is 2. The molecule has 0 saturated carbocycles. The van der Waals surface area contributed by atoms with E-state index in [4.69, 9.17) is 0 Å². The zero-order valence-corrected chi connectivity index (χ0v) is 12.4. The van der Waals surface area contributed by atoms with E-state index in [1.54, 1.807) is 6.92 Å². The number of nitrogens with zero attached hydrogens (tertiary/aromatic N) is 1. The van der Waals surface area contributed by atoms with Crippen molar-refractivity contribution >= 4 is 23.4 Å². The van der Waals surface area contributed by atoms with Gasteiger partial charge in [-0.3, -0.25) is 9.59 Å². The maximum Gasteiger partial charge on any atom is 0.263 e. The number of aromatic amines is 1. The Morgan fingerprint density at radius 1 is 1.36 bits per heavy atom. The molecule has 0 radical (unpaired) electrons. The number of carbonyl (C=O) groups excluding carboxylic acids is 1. The molecule has 0 bridgehead atoms. The van der Waals surface area contributed by atoms with Crippen molar-refractivity contribution in [1.82, 2.24) is 9.97 Å². The van der Waals surface area contributed by atoms with Gasteiger partial charge in [0.05, 0.1) is 5.75 Å². The lowest BCUT2D eigenvalue weighted by Crippen LogP contribution is -2.15. The van der Waals surface area contributed by atoms with Gasteiger partial charge in [-0.1, -0.05) is 23.9 Å². The highest BCUT2D eigenvalue weighted by Crippen LogP contribution is 2.20. The second kappa shape index (κ2) is 7.17. The van der Waals surface area contributed by atoms with Crippen LogP contribution in [0.5, 0.6) is 0 Å². The Hall–Kier alpha value is -2.22. The van der Waals surface area contributed by atoms with Gasteiger partial charge in [0.25, 0.3) is 12.0 Å². The second-order valence-electron chi connectivity index (χ2n) is 4.45. The van der Waals surface area contributed by atoms with E-state index in [9.17, 15) is 18.4 Å². The smallest absolute Gasteiger partial charge is 0.263 e. The molecule has 0 fully saturated rings. The fourth-order valence-electron chi connectivity index (χ4n) is 1.66. The van der Waals surface area contributed by atoms with Gasteiger partial charge >= 0.3 is 0 Å². The third-order valence-corrected chi connectivity index (χ3v) is 3.51. The summed E-state index contributed by atoms with van der Waals surface area (Å²) in [4.78, 5) is 29.6. The average Bonchev–Trinajstić information content (AvgIpc) is 2.45. The summed E-state index contributed by atoms with van der Waals surface area (Å²) in [5, 5.41) is 2.94. The molecule has 0 aliphatic heterocycles. The van der Waals surface area contributed by atoms with E-state index >= 15 is 0 Å². The van der Waals surface area contributed by atoms with Crippen LogP contribution in [0.25, 0.3) is 0 Å². The summed E-state index contributed by atoms with van der Waals surface area (Å²) < 4.78 is 24.8. The topological polar surface area (TPSA) is 74.8 Å². The third-order valence-electron chi connectivity index (χ3n) is 2.63. The van der Waals surface area contributed by atoms with Crippen molar-refractivity contribution in [2.45, 2.75) is 18.5 Å². The summed E-state index contributed by atoms with van der Waals surface area (Å²) in [6.07, 6.45) is -2.54. The molecule has 1 aromatic carbocycles. The summed E-state index contributed by atoms with van der Waals surface area (Å²) >= 11 is 1.09. The predicted octanol–water partition coefficient (Wildman–Crippen LogP) is 2.75. The number of halogens is 2. The first-order valence-corrected chi connectivity index (χ1v) is 7.31. The first kappa shape index (κ1) is 16.2. The standard InChI is InChI=1S/C14H13F2N3O2S/c1-8-6-11(20)19-14(17-8)22-7-12(21)18-10-4-2-9(3-5-10)13(15)16/h2-6,13H,7H2,1H3,(H,18,21)(H,17,19,20). The van der Waals surface area contributed by atoms with Gasteiger partial charge in [0.15, 0.2) is 5.16 Å². The number of amides is 1. The van der Waals surface area contributed by atoms with Gasteiger partial charge in [-0.05, 0) is 19.1 Å². The van der Waals surface area contributed by atoms with Gasteiger partial charge in [-0.25, -0.2) is 13.8 Å². The molecular weight excluding hydrogens is 312 g/mol. The monoisotopic (exact) mass is 325 g/mol. The number of benzene rings is 1. The number of aromatic nitrogens is 2. The largest absolute Gasteiger partial charge is 0.325 e. The molecule has 8 heteroatoms. The molecule has 2 rings (SSSR count). The van der Waals surface area contributed by atoms with E-state index in [0.29, 0.717) is 16.5 Å². The summed E-state index contributed by atoms with van der Waals surface area (Å²) in [6.45, 7) is 1.68. The van der Waals surface area contributed by atoms with E-state index < -0.39 is 6.43 Å². The number of alkyl halides is 2. The first-order valence-electron chi connectivity index (χ1n) is 6.33. The quantitative estimate of drug-likeness (QED) is 0.655. The van der Waals surface area contributed by atoms with Crippen molar-refractivity contribution in [1.29, 1.82) is 0 Å². The normalized spacial score (nSPS) is 10.7. The minimum Gasteiger partial charge on any atom is -0.325 e. The number of aryl methyl sites for hydroxylation is 1. The van der Waals surface area contributed by atoms with Crippen molar-refractivity contribution in [3.8, 4) is 0 Å². The van der Waals surface area contributed by atoms with Crippen molar-refractivity contribution in [2.75, 3.05) is 11.1 Å². The van der Waals surface area contributed by atoms with E-state index in [0.717, 1.165) is 11.8 Å². The van der Waals surface area contributed by atoms with Crippen LogP contribution in [-0.2, 0) is 4.79 Å². The number of anilines is 1. The van der Waals surface area contributed by atoms with Gasteiger partial charge in [-0.2, -0.15) is 0 Å². The highest BCUT2D eigenvalue weighted by molar-refractivity contribution is 7.99. The minimum atomic E-state index is -2.54. The second-order valence-corrected chi connectivity index (χ2v) is 5.42. The molecular formula is C14H13F2N3O2S. The van der Waals surface area contributed by atoms with E-state index in [2.05, 4.69) is 15.3 Å². The van der Waals surface area contributed by atoms with Crippen LogP contribution in [0.2, 0.25) is 0 Å². The Bertz CT molecular complexity index is 717. The lowest BCUT2D eigenvalue weighted by atomic mass is 10.2. The molecule has 0 aliphatic carbocycles. The van der Waals surface area contributed by atoms with Crippen LogP contribution in [0.1, 0.15) is 17.7 Å². The van der Waals surface area contributed by atoms with Crippen LogP contribution >= 0.6 is 11.8 Å². The number of rotatable bonds is 5. The molecule has 22 heavy (non-hydrogen) atoms. The molecule has 2 aromatic rings. The lowest BCUT2D eigenvalue weighted by molar-refractivity contribution is -0.113. The van der Waals surface area contributed by atoms with E-state index in [1.165, 1.54) is 30.3 Å². The first-order chi connectivity index (χ1) is 10.4. The van der Waals surface area contributed by atoms with Crippen LogP contribution in [0.3, 0.4) is 0 Å². The fourth-order valence-corrected chi connectivity index (χ4v) is 2.38. The maximum atomic E-state index is 12.4. The maximum absolute atomic E-state index is 12.4. The van der Waals surface area contributed by atoms with Crippen molar-refractivity contribution < 1.29 is 13.6 Å². The van der Waals surface area contributed by atoms with Crippen LogP contribution in [-0.4, -0.2) is 21.6 Å². The Morgan fingerprint density at radius 2 is 2.05 bits per heavy atom. The van der Waals surface area contributed by atoms with Gasteiger partial charge < -0.3 is 10.3 Å². The van der Waals surface area contributed by atoms with Crippen LogP contribution in [0.15, 0.2) is 40.3 Å². The van der Waals surface area contributed by atoms with Gasteiger partial charge in [0.2, 0.25) is 5.91 Å². The highest BCUT2D eigenvalue weighted by atomic mass is 32.2. The molecule has 0 aliphatic rings. The Kier molecular flexibility index (Phi) is 5.26. The Balaban J connectivity index is 1.91. The number of H-pyrrole nitrogens is 1. The molecule has 1 heterocycles. The molecule has 0 atom stereocenters. The molecule has 1 amide bonds. The molecule has 1 aromatic heterocycles. The summed E-state index contributed by atoms with van der Waals surface area (Å²) in [6, 6.07) is 6.70. The van der Waals surface area contributed by atoms with Crippen molar-refractivity contribution in [3.63, 3.8) is 0 Å². The third kappa shape index (κ3) is 4.66. The van der Waals surface area contributed by atoms with Gasteiger partial charge in [0.1, 0.15) is 0 Å². The summed E-state index contributed by atoms with van der Waals surface area (Å²) in [5.41, 5.74) is 0.613. The summed E-state index contributed by atoms with van der Waals surface area (Å²) in [5.74, 6) is -0.276. The molecule has 116 valence electrons.